The van der Waals surface area contributed by atoms with E-state index in [1.807, 2.05) is 0 Å². The molecule has 0 fully saturated rings. The van der Waals surface area contributed by atoms with Crippen LogP contribution in [0.1, 0.15) is 137 Å². The van der Waals surface area contributed by atoms with E-state index in [2.05, 4.69) is 39.9 Å². The molecule has 0 heterocycles. The van der Waals surface area contributed by atoms with Crippen molar-refractivity contribution in [2.24, 2.45) is 11.3 Å². The lowest BCUT2D eigenvalue weighted by molar-refractivity contribution is 0.253. The third-order valence-corrected chi connectivity index (χ3v) is 6.14. The number of nitrogens with one attached hydrogen (secondary N) is 1. The summed E-state index contributed by atoms with van der Waals surface area (Å²) in [7, 11) is 0. The van der Waals surface area contributed by atoms with E-state index >= 15 is 0 Å². The van der Waals surface area contributed by atoms with Gasteiger partial charge >= 0.3 is 0 Å². The first-order chi connectivity index (χ1) is 12.5. The predicted octanol–water partition coefficient (Wildman–Crippen LogP) is 8.52. The summed E-state index contributed by atoms with van der Waals surface area (Å²) < 4.78 is 0. The van der Waals surface area contributed by atoms with Crippen molar-refractivity contribution >= 4 is 0 Å². The van der Waals surface area contributed by atoms with Crippen LogP contribution in [0, 0.1) is 11.3 Å². The Morgan fingerprint density at radius 1 is 0.577 bits per heavy atom. The average molecular weight is 368 g/mol. The summed E-state index contributed by atoms with van der Waals surface area (Å²) in [6.45, 7) is 14.1. The maximum Gasteiger partial charge on any atom is -0.00182 e. The Morgan fingerprint density at radius 3 is 1.27 bits per heavy atom. The molecule has 0 spiro atoms. The van der Waals surface area contributed by atoms with E-state index < -0.39 is 0 Å². The van der Waals surface area contributed by atoms with Crippen molar-refractivity contribution in [1.29, 1.82) is 0 Å². The maximum atomic E-state index is 3.64. The number of hydrogen-bond acceptors (Lipinski definition) is 1. The zero-order valence-corrected chi connectivity index (χ0v) is 19.3. The fraction of sp³-hybridized carbons (Fsp3) is 1.00. The molecule has 0 aromatic heterocycles. The van der Waals surface area contributed by atoms with Gasteiger partial charge in [-0.1, -0.05) is 131 Å². The molecular weight excluding hydrogens is 314 g/mol. The summed E-state index contributed by atoms with van der Waals surface area (Å²) >= 11 is 0. The van der Waals surface area contributed by atoms with Gasteiger partial charge < -0.3 is 5.32 Å². The van der Waals surface area contributed by atoms with Crippen molar-refractivity contribution in [1.82, 2.24) is 5.32 Å². The van der Waals surface area contributed by atoms with Crippen LogP contribution >= 0.6 is 0 Å². The Labute approximate surface area is 167 Å². The Kier molecular flexibility index (Phi) is 18.3. The van der Waals surface area contributed by atoms with E-state index in [1.165, 1.54) is 116 Å². The third kappa shape index (κ3) is 18.7. The fourth-order valence-corrected chi connectivity index (χ4v) is 3.42. The van der Waals surface area contributed by atoms with Gasteiger partial charge in [-0.05, 0) is 30.8 Å². The Hall–Kier alpha value is -0.0400. The van der Waals surface area contributed by atoms with Gasteiger partial charge in [0.15, 0.2) is 0 Å². The molecule has 158 valence electrons. The van der Waals surface area contributed by atoms with E-state index in [9.17, 15) is 0 Å². The van der Waals surface area contributed by atoms with Gasteiger partial charge in [-0.2, -0.15) is 0 Å². The molecule has 1 atom stereocenters. The normalized spacial score (nSPS) is 13.3. The SMILES string of the molecule is CCCCCCCCCCCCCCCCCCNCC(C)C(C)(C)C. The van der Waals surface area contributed by atoms with Crippen LogP contribution in [0.2, 0.25) is 0 Å². The zero-order chi connectivity index (χ0) is 19.5. The monoisotopic (exact) mass is 367 g/mol. The lowest BCUT2D eigenvalue weighted by atomic mass is 9.82. The second-order valence-electron chi connectivity index (χ2n) is 9.77. The van der Waals surface area contributed by atoms with E-state index in [-0.39, 0.29) is 0 Å². The third-order valence-electron chi connectivity index (χ3n) is 6.14. The van der Waals surface area contributed by atoms with Crippen LogP contribution in [0.3, 0.4) is 0 Å². The van der Waals surface area contributed by atoms with Crippen molar-refractivity contribution < 1.29 is 0 Å². The van der Waals surface area contributed by atoms with Gasteiger partial charge in [0, 0.05) is 0 Å². The van der Waals surface area contributed by atoms with Crippen LogP contribution in [0.15, 0.2) is 0 Å². The lowest BCUT2D eigenvalue weighted by Crippen LogP contribution is -2.30. The van der Waals surface area contributed by atoms with Gasteiger partial charge in [-0.25, -0.2) is 0 Å². The molecule has 1 N–H and O–H groups in total. The Morgan fingerprint density at radius 2 is 0.923 bits per heavy atom. The minimum absolute atomic E-state index is 0.432. The highest BCUT2D eigenvalue weighted by Crippen LogP contribution is 2.24. The van der Waals surface area contributed by atoms with Crippen molar-refractivity contribution in [3.63, 3.8) is 0 Å². The quantitative estimate of drug-likeness (QED) is 0.225. The number of hydrogen-bond donors (Lipinski definition) is 1. The summed E-state index contributed by atoms with van der Waals surface area (Å²) in [6, 6.07) is 0. The largest absolute Gasteiger partial charge is 0.316 e. The smallest absolute Gasteiger partial charge is 0.00182 e. The van der Waals surface area contributed by atoms with Crippen LogP contribution < -0.4 is 5.32 Å². The van der Waals surface area contributed by atoms with Gasteiger partial charge in [-0.3, -0.25) is 0 Å². The first-order valence-corrected chi connectivity index (χ1v) is 12.2. The van der Waals surface area contributed by atoms with E-state index in [4.69, 9.17) is 0 Å². The molecule has 1 unspecified atom stereocenters. The molecule has 0 aliphatic rings. The molecule has 0 aromatic carbocycles. The summed E-state index contributed by atoms with van der Waals surface area (Å²) in [5, 5.41) is 3.64. The molecule has 0 aliphatic heterocycles. The highest BCUT2D eigenvalue weighted by atomic mass is 14.9. The molecule has 0 amide bonds. The Balaban J connectivity index is 3.09. The second-order valence-corrected chi connectivity index (χ2v) is 9.77. The van der Waals surface area contributed by atoms with Crippen LogP contribution in [0.4, 0.5) is 0 Å². The minimum Gasteiger partial charge on any atom is -0.316 e. The molecule has 1 nitrogen and oxygen atoms in total. The molecule has 1 heteroatoms. The van der Waals surface area contributed by atoms with E-state index in [1.54, 1.807) is 0 Å². The second kappa shape index (κ2) is 18.3. The first-order valence-electron chi connectivity index (χ1n) is 12.2. The number of rotatable bonds is 19. The molecule has 0 aromatic rings. The molecule has 0 aliphatic carbocycles. The summed E-state index contributed by atoms with van der Waals surface area (Å²) in [5.74, 6) is 0.753. The number of unbranched alkanes of at least 4 members (excludes halogenated alkanes) is 15. The zero-order valence-electron chi connectivity index (χ0n) is 19.3. The van der Waals surface area contributed by atoms with Crippen LogP contribution in [0.25, 0.3) is 0 Å². The molecule has 0 rings (SSSR count). The van der Waals surface area contributed by atoms with Crippen LogP contribution in [-0.2, 0) is 0 Å². The summed E-state index contributed by atoms with van der Waals surface area (Å²) in [6.07, 6.45) is 23.2. The standard InChI is InChI=1S/C25H53N/c1-6-7-8-9-10-11-12-13-14-15-16-17-18-19-20-21-22-26-23-24(2)25(3,4)5/h24,26H,6-23H2,1-5H3. The molecular formula is C25H53N. The van der Waals surface area contributed by atoms with E-state index in [0.29, 0.717) is 5.41 Å². The first kappa shape index (κ1) is 26.0. The van der Waals surface area contributed by atoms with Gasteiger partial charge in [-0.15, -0.1) is 0 Å². The van der Waals surface area contributed by atoms with Gasteiger partial charge in [0.2, 0.25) is 0 Å². The maximum absolute atomic E-state index is 3.64. The molecule has 0 saturated carbocycles. The lowest BCUT2D eigenvalue weighted by Gasteiger charge is -2.27. The summed E-state index contributed by atoms with van der Waals surface area (Å²) in [5.41, 5.74) is 0.432. The van der Waals surface area contributed by atoms with Crippen LogP contribution in [-0.4, -0.2) is 13.1 Å². The topological polar surface area (TPSA) is 12.0 Å². The molecule has 0 saturated heterocycles. The average Bonchev–Trinajstić information content (AvgIpc) is 2.59. The van der Waals surface area contributed by atoms with Crippen molar-refractivity contribution in [2.45, 2.75) is 137 Å². The van der Waals surface area contributed by atoms with Crippen molar-refractivity contribution in [3.8, 4) is 0 Å². The van der Waals surface area contributed by atoms with Gasteiger partial charge in [0.25, 0.3) is 0 Å². The van der Waals surface area contributed by atoms with Crippen LogP contribution in [0.5, 0.6) is 0 Å². The van der Waals surface area contributed by atoms with E-state index in [0.717, 1.165) is 5.92 Å². The van der Waals surface area contributed by atoms with Gasteiger partial charge in [0.1, 0.15) is 0 Å². The fourth-order valence-electron chi connectivity index (χ4n) is 3.42. The predicted molar refractivity (Wildman–Crippen MR) is 121 cm³/mol. The Bertz CT molecular complexity index is 266. The molecule has 0 bridgehead atoms. The van der Waals surface area contributed by atoms with Crippen molar-refractivity contribution in [2.75, 3.05) is 13.1 Å². The minimum atomic E-state index is 0.432. The molecule has 0 radical (unpaired) electrons. The molecule has 26 heavy (non-hydrogen) atoms. The van der Waals surface area contributed by atoms with Crippen molar-refractivity contribution in [3.05, 3.63) is 0 Å². The van der Waals surface area contributed by atoms with Gasteiger partial charge in [0.05, 0.1) is 0 Å². The highest BCUT2D eigenvalue weighted by Gasteiger charge is 2.18. The summed E-state index contributed by atoms with van der Waals surface area (Å²) in [4.78, 5) is 0. The highest BCUT2D eigenvalue weighted by molar-refractivity contribution is 4.71.